The summed E-state index contributed by atoms with van der Waals surface area (Å²) in [6.07, 6.45) is 29.6. The fourth-order valence-corrected chi connectivity index (χ4v) is 14.3. The lowest BCUT2D eigenvalue weighted by molar-refractivity contribution is 0.243. The predicted molar refractivity (Wildman–Crippen MR) is 145 cm³/mol. The van der Waals surface area contributed by atoms with E-state index in [1.165, 1.54) is 128 Å². The van der Waals surface area contributed by atoms with Crippen molar-refractivity contribution >= 4 is 16.2 Å². The molecule has 4 heteroatoms. The smallest absolute Gasteiger partial charge is 0.0665 e. The number of hydrogen-bond donors (Lipinski definition) is 0. The standard InChI is InChI=1S/C28H53NOP2/c1-24(23-30-32(27-19-11-5-12-20-27)28-21-13-6-14-22-28)29(2)31(25-15-7-3-8-16-25)26-17-9-4-10-18-26/h24-28H,3-23H2,1-2H3/t24-/m0/s1. The van der Waals surface area contributed by atoms with Crippen LogP contribution < -0.4 is 0 Å². The first-order valence-corrected chi connectivity index (χ1v) is 17.5. The zero-order valence-electron chi connectivity index (χ0n) is 21.5. The van der Waals surface area contributed by atoms with Gasteiger partial charge < -0.3 is 4.52 Å². The average molecular weight is 482 g/mol. The van der Waals surface area contributed by atoms with Gasteiger partial charge in [-0.05, 0) is 84.7 Å². The van der Waals surface area contributed by atoms with Crippen molar-refractivity contribution in [1.82, 2.24) is 4.67 Å². The van der Waals surface area contributed by atoms with Gasteiger partial charge in [-0.2, -0.15) is 0 Å². The van der Waals surface area contributed by atoms with Crippen LogP contribution in [0.3, 0.4) is 0 Å². The molecule has 186 valence electrons. The van der Waals surface area contributed by atoms with Gasteiger partial charge in [-0.3, -0.25) is 4.67 Å². The van der Waals surface area contributed by atoms with Gasteiger partial charge in [0.1, 0.15) is 0 Å². The minimum absolute atomic E-state index is 0.00314. The van der Waals surface area contributed by atoms with E-state index in [-0.39, 0.29) is 16.2 Å². The Morgan fingerprint density at radius 2 is 0.938 bits per heavy atom. The third-order valence-corrected chi connectivity index (χ3v) is 15.8. The molecule has 0 amide bonds. The SMILES string of the molecule is C[C@@H](COP(C1CCCCC1)C1CCCCC1)N(C)P(C1CCCCC1)C1CCCCC1. The molecule has 0 N–H and O–H groups in total. The second kappa shape index (κ2) is 13.8. The quantitative estimate of drug-likeness (QED) is 0.304. The summed E-state index contributed by atoms with van der Waals surface area (Å²) in [5.41, 5.74) is 3.84. The van der Waals surface area contributed by atoms with E-state index < -0.39 is 0 Å². The van der Waals surface area contributed by atoms with Gasteiger partial charge in [-0.1, -0.05) is 77.0 Å². The molecule has 2 nitrogen and oxygen atoms in total. The van der Waals surface area contributed by atoms with E-state index in [9.17, 15) is 0 Å². The highest BCUT2D eigenvalue weighted by Crippen LogP contribution is 2.59. The minimum Gasteiger partial charge on any atom is -0.357 e. The summed E-state index contributed by atoms with van der Waals surface area (Å²) in [4.78, 5) is 0. The maximum absolute atomic E-state index is 7.06. The zero-order chi connectivity index (χ0) is 22.2. The molecule has 4 saturated carbocycles. The monoisotopic (exact) mass is 481 g/mol. The molecule has 0 aromatic rings. The minimum atomic E-state index is -0.222. The van der Waals surface area contributed by atoms with E-state index in [4.69, 9.17) is 4.52 Å². The molecule has 0 radical (unpaired) electrons. The Morgan fingerprint density at radius 3 is 1.31 bits per heavy atom. The Balaban J connectivity index is 1.38. The molecule has 1 atom stereocenters. The van der Waals surface area contributed by atoms with Crippen molar-refractivity contribution in [1.29, 1.82) is 0 Å². The van der Waals surface area contributed by atoms with E-state index in [2.05, 4.69) is 18.6 Å². The molecule has 4 fully saturated rings. The first-order valence-electron chi connectivity index (χ1n) is 14.7. The van der Waals surface area contributed by atoms with Crippen molar-refractivity contribution in [3.63, 3.8) is 0 Å². The summed E-state index contributed by atoms with van der Waals surface area (Å²) in [5, 5.41) is 0. The Bertz CT molecular complexity index is 472. The van der Waals surface area contributed by atoms with Crippen LogP contribution >= 0.6 is 16.2 Å². The molecular formula is C28H53NOP2. The molecule has 0 aromatic carbocycles. The molecule has 4 aliphatic carbocycles. The third-order valence-electron chi connectivity index (χ3n) is 9.23. The van der Waals surface area contributed by atoms with Crippen LogP contribution in [0.5, 0.6) is 0 Å². The van der Waals surface area contributed by atoms with Crippen LogP contribution in [0.1, 0.15) is 135 Å². The summed E-state index contributed by atoms with van der Waals surface area (Å²) in [6.45, 7) is 3.52. The largest absolute Gasteiger partial charge is 0.357 e. The third kappa shape index (κ3) is 7.15. The fraction of sp³-hybridized carbons (Fsp3) is 1.00. The van der Waals surface area contributed by atoms with Gasteiger partial charge >= 0.3 is 0 Å². The van der Waals surface area contributed by atoms with Crippen molar-refractivity contribution < 1.29 is 4.52 Å². The molecule has 0 aromatic heterocycles. The van der Waals surface area contributed by atoms with E-state index in [1.807, 2.05) is 0 Å². The molecule has 0 unspecified atom stereocenters. The summed E-state index contributed by atoms with van der Waals surface area (Å²) >= 11 is 0. The van der Waals surface area contributed by atoms with E-state index in [1.54, 1.807) is 0 Å². The lowest BCUT2D eigenvalue weighted by Gasteiger charge is -2.46. The van der Waals surface area contributed by atoms with Crippen molar-refractivity contribution in [2.45, 2.75) is 164 Å². The van der Waals surface area contributed by atoms with E-state index in [0.717, 1.165) is 29.2 Å². The molecule has 0 spiro atoms. The molecule has 0 bridgehead atoms. The maximum Gasteiger partial charge on any atom is 0.0665 e. The van der Waals surface area contributed by atoms with Gasteiger partial charge in [0.15, 0.2) is 0 Å². The zero-order valence-corrected chi connectivity index (χ0v) is 23.3. The van der Waals surface area contributed by atoms with Crippen molar-refractivity contribution in [3.05, 3.63) is 0 Å². The Morgan fingerprint density at radius 1 is 0.594 bits per heavy atom. The van der Waals surface area contributed by atoms with Gasteiger partial charge in [-0.15, -0.1) is 0 Å². The molecule has 0 heterocycles. The van der Waals surface area contributed by atoms with Gasteiger partial charge in [0.2, 0.25) is 0 Å². The van der Waals surface area contributed by atoms with Crippen LogP contribution in [-0.4, -0.2) is 47.0 Å². The molecule has 4 rings (SSSR count). The van der Waals surface area contributed by atoms with Crippen LogP contribution in [0.15, 0.2) is 0 Å². The van der Waals surface area contributed by atoms with Gasteiger partial charge in [0.25, 0.3) is 0 Å². The van der Waals surface area contributed by atoms with Crippen LogP contribution in [-0.2, 0) is 4.52 Å². The van der Waals surface area contributed by atoms with E-state index >= 15 is 0 Å². The molecular weight excluding hydrogens is 428 g/mol. The number of nitrogens with zero attached hydrogens (tertiary/aromatic N) is 1. The fourth-order valence-electron chi connectivity index (χ4n) is 7.21. The van der Waals surface area contributed by atoms with Crippen LogP contribution in [0.4, 0.5) is 0 Å². The summed E-state index contributed by atoms with van der Waals surface area (Å²) in [7, 11) is 2.29. The van der Waals surface area contributed by atoms with Gasteiger partial charge in [-0.25, -0.2) is 0 Å². The van der Waals surface area contributed by atoms with Crippen molar-refractivity contribution in [3.8, 4) is 0 Å². The first kappa shape index (κ1) is 25.9. The summed E-state index contributed by atoms with van der Waals surface area (Å²) < 4.78 is 9.96. The molecule has 32 heavy (non-hydrogen) atoms. The predicted octanol–water partition coefficient (Wildman–Crippen LogP) is 9.45. The second-order valence-electron chi connectivity index (χ2n) is 11.6. The number of rotatable bonds is 9. The van der Waals surface area contributed by atoms with Crippen molar-refractivity contribution in [2.24, 2.45) is 0 Å². The molecule has 0 saturated heterocycles. The number of hydrogen-bond acceptors (Lipinski definition) is 2. The highest BCUT2D eigenvalue weighted by molar-refractivity contribution is 7.56. The van der Waals surface area contributed by atoms with Crippen molar-refractivity contribution in [2.75, 3.05) is 13.7 Å². The highest BCUT2D eigenvalue weighted by atomic mass is 31.1. The summed E-state index contributed by atoms with van der Waals surface area (Å²) in [5.74, 6) is 0. The van der Waals surface area contributed by atoms with Gasteiger partial charge in [0.05, 0.1) is 6.61 Å². The molecule has 0 aliphatic heterocycles. The lowest BCUT2D eigenvalue weighted by Crippen LogP contribution is -2.37. The molecule has 4 aliphatic rings. The Hall–Kier alpha value is 0.780. The Labute approximate surface area is 203 Å². The maximum atomic E-state index is 7.06. The topological polar surface area (TPSA) is 12.5 Å². The van der Waals surface area contributed by atoms with E-state index in [0.29, 0.717) is 6.04 Å². The van der Waals surface area contributed by atoms with Crippen LogP contribution in [0, 0.1) is 0 Å². The van der Waals surface area contributed by atoms with Crippen LogP contribution in [0.25, 0.3) is 0 Å². The highest BCUT2D eigenvalue weighted by Gasteiger charge is 2.37. The average Bonchev–Trinajstić information content (AvgIpc) is 2.87. The normalized spacial score (nSPS) is 26.9. The first-order chi connectivity index (χ1) is 15.7. The lowest BCUT2D eigenvalue weighted by atomic mass is 10.00. The van der Waals surface area contributed by atoms with Gasteiger partial charge in [0, 0.05) is 25.5 Å². The Kier molecular flexibility index (Phi) is 11.1. The second-order valence-corrected chi connectivity index (χ2v) is 16.9. The van der Waals surface area contributed by atoms with Crippen LogP contribution in [0.2, 0.25) is 0 Å². The summed E-state index contributed by atoms with van der Waals surface area (Å²) in [6, 6.07) is 0.599. The number of likely N-dealkylation sites (N-methyl/N-ethyl adjacent to an activating group) is 1.